The van der Waals surface area contributed by atoms with Crippen molar-refractivity contribution in [2.45, 2.75) is 23.1 Å². The Hall–Kier alpha value is -1.72. The second-order valence-electron chi connectivity index (χ2n) is 4.44. The molecule has 21 heavy (non-hydrogen) atoms. The van der Waals surface area contributed by atoms with Gasteiger partial charge in [-0.3, -0.25) is 14.9 Å². The lowest BCUT2D eigenvalue weighted by Gasteiger charge is -2.10. The van der Waals surface area contributed by atoms with Crippen LogP contribution in [0.1, 0.15) is 12.8 Å². The van der Waals surface area contributed by atoms with Crippen molar-refractivity contribution in [2.24, 2.45) is 0 Å². The summed E-state index contributed by atoms with van der Waals surface area (Å²) in [5.74, 6) is -0.108. The van der Waals surface area contributed by atoms with E-state index in [1.165, 1.54) is 7.05 Å². The fourth-order valence-electron chi connectivity index (χ4n) is 1.92. The summed E-state index contributed by atoms with van der Waals surface area (Å²) >= 11 is 0.787. The molecule has 1 aromatic heterocycles. The molecule has 116 valence electrons. The van der Waals surface area contributed by atoms with Gasteiger partial charge in [0, 0.05) is 32.1 Å². The number of amides is 1. The molecule has 1 aliphatic rings. The largest absolute Gasteiger partial charge is 0.374 e. The third kappa shape index (κ3) is 3.49. The molecular weight excluding hydrogens is 320 g/mol. The number of nitrogens with one attached hydrogen (secondary N) is 3. The van der Waals surface area contributed by atoms with Crippen LogP contribution >= 0.6 is 11.3 Å². The van der Waals surface area contributed by atoms with E-state index in [2.05, 4.69) is 15.4 Å². The highest BCUT2D eigenvalue weighted by molar-refractivity contribution is 7.91. The van der Waals surface area contributed by atoms with Crippen LogP contribution in [0.4, 0.5) is 10.7 Å². The SMILES string of the molecule is CNc1sc(S(=O)(=O)NCC2CCC(=O)N2)cc1[N+](=O)[O-]. The van der Waals surface area contributed by atoms with Crippen LogP contribution < -0.4 is 15.4 Å². The van der Waals surface area contributed by atoms with Gasteiger partial charge in [0.05, 0.1) is 4.92 Å². The first-order chi connectivity index (χ1) is 9.83. The topological polar surface area (TPSA) is 130 Å². The molecule has 9 nitrogen and oxygen atoms in total. The van der Waals surface area contributed by atoms with E-state index in [1.54, 1.807) is 0 Å². The van der Waals surface area contributed by atoms with Crippen molar-refractivity contribution < 1.29 is 18.1 Å². The molecule has 2 rings (SSSR count). The molecule has 1 aliphatic heterocycles. The maximum Gasteiger partial charge on any atom is 0.304 e. The van der Waals surface area contributed by atoms with Crippen LogP contribution in [0.25, 0.3) is 0 Å². The summed E-state index contributed by atoms with van der Waals surface area (Å²) in [6, 6.07) is 0.775. The third-order valence-electron chi connectivity index (χ3n) is 2.98. The zero-order valence-corrected chi connectivity index (χ0v) is 12.7. The number of carbonyl (C=O) groups is 1. The second kappa shape index (κ2) is 5.95. The minimum absolute atomic E-state index is 0.0641. The molecular formula is C10H14N4O5S2. The number of nitro groups is 1. The molecule has 0 bridgehead atoms. The molecule has 1 amide bonds. The van der Waals surface area contributed by atoms with Crippen molar-refractivity contribution in [2.75, 3.05) is 18.9 Å². The smallest absolute Gasteiger partial charge is 0.304 e. The van der Waals surface area contributed by atoms with E-state index in [0.29, 0.717) is 12.8 Å². The summed E-state index contributed by atoms with van der Waals surface area (Å²) in [5, 5.41) is 16.2. The Kier molecular flexibility index (Phi) is 4.44. The first-order valence-corrected chi connectivity index (χ1v) is 8.38. The average molecular weight is 334 g/mol. The van der Waals surface area contributed by atoms with E-state index >= 15 is 0 Å². The Morgan fingerprint density at radius 3 is 2.76 bits per heavy atom. The summed E-state index contributed by atoms with van der Waals surface area (Å²) in [6.07, 6.45) is 0.939. The average Bonchev–Trinajstić information content (AvgIpc) is 3.02. The predicted molar refractivity (Wildman–Crippen MR) is 76.9 cm³/mol. The van der Waals surface area contributed by atoms with Gasteiger partial charge in [0.2, 0.25) is 15.9 Å². The van der Waals surface area contributed by atoms with E-state index in [1.807, 2.05) is 0 Å². The molecule has 0 aliphatic carbocycles. The van der Waals surface area contributed by atoms with Crippen molar-refractivity contribution in [1.82, 2.24) is 10.0 Å². The van der Waals surface area contributed by atoms with E-state index in [-0.39, 0.29) is 33.4 Å². The summed E-state index contributed by atoms with van der Waals surface area (Å²) < 4.78 is 26.4. The molecule has 3 N–H and O–H groups in total. The van der Waals surface area contributed by atoms with Gasteiger partial charge in [0.25, 0.3) is 0 Å². The van der Waals surface area contributed by atoms with Crippen LogP contribution in [-0.2, 0) is 14.8 Å². The molecule has 0 aromatic carbocycles. The van der Waals surface area contributed by atoms with Crippen LogP contribution in [-0.4, -0.2) is 38.9 Å². The highest BCUT2D eigenvalue weighted by atomic mass is 32.2. The van der Waals surface area contributed by atoms with Gasteiger partial charge in [-0.25, -0.2) is 13.1 Å². The van der Waals surface area contributed by atoms with Crippen LogP contribution in [0, 0.1) is 10.1 Å². The zero-order valence-electron chi connectivity index (χ0n) is 11.1. The van der Waals surface area contributed by atoms with Crippen molar-refractivity contribution >= 4 is 38.0 Å². The van der Waals surface area contributed by atoms with E-state index < -0.39 is 14.9 Å². The Bertz CT molecular complexity index is 669. The highest BCUT2D eigenvalue weighted by Gasteiger charge is 2.27. The normalized spacial score (nSPS) is 18.5. The highest BCUT2D eigenvalue weighted by Crippen LogP contribution is 2.36. The van der Waals surface area contributed by atoms with E-state index in [0.717, 1.165) is 17.4 Å². The minimum Gasteiger partial charge on any atom is -0.374 e. The van der Waals surface area contributed by atoms with Gasteiger partial charge in [-0.1, -0.05) is 11.3 Å². The standard InChI is InChI=1S/C10H14N4O5S2/c1-11-10-7(14(16)17)4-9(20-10)21(18,19)12-5-6-2-3-8(15)13-6/h4,6,11-12H,2-3,5H2,1H3,(H,13,15). The third-order valence-corrected chi connectivity index (χ3v) is 6.02. The van der Waals surface area contributed by atoms with Crippen LogP contribution in [0.2, 0.25) is 0 Å². The lowest BCUT2D eigenvalue weighted by atomic mass is 10.2. The summed E-state index contributed by atoms with van der Waals surface area (Å²) in [7, 11) is -2.35. The van der Waals surface area contributed by atoms with Gasteiger partial charge in [-0.15, -0.1) is 0 Å². The maximum absolute atomic E-state index is 12.1. The molecule has 1 atom stereocenters. The molecule has 1 aromatic rings. The van der Waals surface area contributed by atoms with Crippen molar-refractivity contribution in [3.8, 4) is 0 Å². The van der Waals surface area contributed by atoms with E-state index in [4.69, 9.17) is 0 Å². The molecule has 0 saturated carbocycles. The van der Waals surface area contributed by atoms with Gasteiger partial charge < -0.3 is 10.6 Å². The van der Waals surface area contributed by atoms with Gasteiger partial charge in [-0.05, 0) is 6.42 Å². The number of thiophene rings is 1. The molecule has 0 radical (unpaired) electrons. The number of sulfonamides is 1. The van der Waals surface area contributed by atoms with Crippen LogP contribution in [0.3, 0.4) is 0 Å². The number of carbonyl (C=O) groups excluding carboxylic acids is 1. The second-order valence-corrected chi connectivity index (χ2v) is 7.49. The van der Waals surface area contributed by atoms with Gasteiger partial charge in [0.1, 0.15) is 4.21 Å². The van der Waals surface area contributed by atoms with Crippen molar-refractivity contribution in [1.29, 1.82) is 0 Å². The molecule has 0 spiro atoms. The van der Waals surface area contributed by atoms with Gasteiger partial charge in [-0.2, -0.15) is 0 Å². The van der Waals surface area contributed by atoms with Crippen molar-refractivity contribution in [3.63, 3.8) is 0 Å². The number of anilines is 1. The Labute approximate surface area is 124 Å². The van der Waals surface area contributed by atoms with Crippen molar-refractivity contribution in [3.05, 3.63) is 16.2 Å². The maximum atomic E-state index is 12.1. The quantitative estimate of drug-likeness (QED) is 0.505. The summed E-state index contributed by atoms with van der Waals surface area (Å²) in [6.45, 7) is 0.0641. The molecule has 1 unspecified atom stereocenters. The number of hydrogen-bond donors (Lipinski definition) is 3. The molecule has 1 saturated heterocycles. The number of rotatable bonds is 6. The fraction of sp³-hybridized carbons (Fsp3) is 0.500. The predicted octanol–water partition coefficient (Wildman–Crippen LogP) is 0.255. The molecule has 2 heterocycles. The minimum atomic E-state index is -3.84. The first kappa shape index (κ1) is 15.7. The number of nitrogens with zero attached hydrogens (tertiary/aromatic N) is 1. The molecule has 1 fully saturated rings. The lowest BCUT2D eigenvalue weighted by Crippen LogP contribution is -2.38. The Balaban J connectivity index is 2.12. The Morgan fingerprint density at radius 2 is 2.29 bits per heavy atom. The Morgan fingerprint density at radius 1 is 1.57 bits per heavy atom. The number of hydrogen-bond acceptors (Lipinski definition) is 7. The molecule has 11 heteroatoms. The van der Waals surface area contributed by atoms with Crippen LogP contribution in [0.5, 0.6) is 0 Å². The van der Waals surface area contributed by atoms with E-state index in [9.17, 15) is 23.3 Å². The van der Waals surface area contributed by atoms with Gasteiger partial charge >= 0.3 is 5.69 Å². The fourth-order valence-corrected chi connectivity index (χ4v) is 4.33. The first-order valence-electron chi connectivity index (χ1n) is 6.08. The lowest BCUT2D eigenvalue weighted by molar-refractivity contribution is -0.383. The zero-order chi connectivity index (χ0) is 15.6. The monoisotopic (exact) mass is 334 g/mol. The summed E-state index contributed by atoms with van der Waals surface area (Å²) in [4.78, 5) is 21.2. The van der Waals surface area contributed by atoms with Crippen LogP contribution in [0.15, 0.2) is 10.3 Å². The summed E-state index contributed by atoms with van der Waals surface area (Å²) in [5.41, 5.74) is -0.281. The van der Waals surface area contributed by atoms with Gasteiger partial charge in [0.15, 0.2) is 5.00 Å².